The topological polar surface area (TPSA) is 111 Å². The van der Waals surface area contributed by atoms with Gasteiger partial charge in [-0.25, -0.2) is 9.78 Å². The lowest BCUT2D eigenvalue weighted by atomic mass is 9.91. The van der Waals surface area contributed by atoms with Crippen molar-refractivity contribution < 1.29 is 41.0 Å². The highest BCUT2D eigenvalue weighted by Crippen LogP contribution is 2.50. The normalized spacial score (nSPS) is 12.4. The van der Waals surface area contributed by atoms with Crippen LogP contribution in [-0.4, -0.2) is 70.9 Å². The van der Waals surface area contributed by atoms with Crippen molar-refractivity contribution in [1.29, 1.82) is 0 Å². The third kappa shape index (κ3) is 7.04. The summed E-state index contributed by atoms with van der Waals surface area (Å²) in [4.78, 5) is 31.8. The van der Waals surface area contributed by atoms with Crippen LogP contribution in [0.25, 0.3) is 16.8 Å². The first-order valence-electron chi connectivity index (χ1n) is 13.6. The molecule has 0 aliphatic carbocycles. The second-order valence-electron chi connectivity index (χ2n) is 10.6. The Morgan fingerprint density at radius 2 is 1.62 bits per heavy atom. The van der Waals surface area contributed by atoms with Gasteiger partial charge in [0, 0.05) is 47.5 Å². The fourth-order valence-electron chi connectivity index (χ4n) is 4.67. The summed E-state index contributed by atoms with van der Waals surface area (Å²) in [6, 6.07) is 8.66. The first kappa shape index (κ1) is 33.3. The van der Waals surface area contributed by atoms with Crippen molar-refractivity contribution in [2.24, 2.45) is 0 Å². The number of benzene rings is 2. The molecule has 0 aliphatic rings. The van der Waals surface area contributed by atoms with Gasteiger partial charge in [-0.3, -0.25) is 4.79 Å². The van der Waals surface area contributed by atoms with Crippen LogP contribution in [0.15, 0.2) is 67.1 Å². The summed E-state index contributed by atoms with van der Waals surface area (Å²) in [5.74, 6) is -0.803. The summed E-state index contributed by atoms with van der Waals surface area (Å²) in [7, 11) is 3.87. The molecule has 4 N–H and O–H groups in total. The van der Waals surface area contributed by atoms with E-state index >= 15 is 0 Å². The van der Waals surface area contributed by atoms with Gasteiger partial charge in [0.1, 0.15) is 0 Å². The number of hydrogen-bond donors (Lipinski definition) is 4. The van der Waals surface area contributed by atoms with Gasteiger partial charge in [0.2, 0.25) is 0 Å². The highest BCUT2D eigenvalue weighted by molar-refractivity contribution is 6.05. The van der Waals surface area contributed by atoms with Gasteiger partial charge in [0.05, 0.1) is 5.69 Å². The number of aliphatic hydroxyl groups is 1. The Bertz CT molecular complexity index is 1670. The number of alkyl halides is 6. The summed E-state index contributed by atoms with van der Waals surface area (Å²) in [5.41, 5.74) is -3.67. The Morgan fingerprint density at radius 3 is 2.24 bits per heavy atom. The second kappa shape index (κ2) is 12.8. The molecule has 0 aliphatic heterocycles. The minimum Gasteiger partial charge on any atom is -0.369 e. The van der Waals surface area contributed by atoms with E-state index in [-0.39, 0.29) is 5.56 Å². The van der Waals surface area contributed by atoms with Crippen LogP contribution < -0.4 is 16.0 Å². The number of pyridine rings is 1. The minimum absolute atomic E-state index is 0.238. The molecular formula is C30H30F6N6O3. The number of aromatic nitrogens is 2. The predicted octanol–water partition coefficient (Wildman–Crippen LogP) is 5.95. The largest absolute Gasteiger partial charge is 0.430 e. The van der Waals surface area contributed by atoms with E-state index in [1.165, 1.54) is 0 Å². The molecule has 3 amide bonds. The molecule has 4 rings (SSSR count). The number of fused-ring (bicyclic) bond motifs is 1. The quantitative estimate of drug-likeness (QED) is 0.134. The van der Waals surface area contributed by atoms with E-state index in [1.807, 2.05) is 19.0 Å². The third-order valence-corrected chi connectivity index (χ3v) is 7.08. The second-order valence-corrected chi connectivity index (χ2v) is 10.6. The molecule has 0 saturated heterocycles. The number of urea groups is 1. The Morgan fingerprint density at radius 1 is 0.956 bits per heavy atom. The molecule has 15 heteroatoms. The third-order valence-electron chi connectivity index (χ3n) is 7.08. The molecule has 0 radical (unpaired) electrons. The van der Waals surface area contributed by atoms with E-state index in [2.05, 4.69) is 20.9 Å². The number of halogens is 6. The summed E-state index contributed by atoms with van der Waals surface area (Å²) >= 11 is 0. The van der Waals surface area contributed by atoms with Crippen LogP contribution in [0.3, 0.4) is 0 Å². The Kier molecular flexibility index (Phi) is 9.44. The molecule has 0 atom stereocenters. The molecular weight excluding hydrogens is 606 g/mol. The van der Waals surface area contributed by atoms with Crippen molar-refractivity contribution in [3.8, 4) is 11.1 Å². The molecule has 45 heavy (non-hydrogen) atoms. The number of nitrogens with zero attached hydrogens (tertiary/aromatic N) is 3. The molecule has 2 heterocycles. The number of carbonyl (C=O) groups excluding carboxylic acids is 2. The van der Waals surface area contributed by atoms with Crippen LogP contribution >= 0.6 is 0 Å². The van der Waals surface area contributed by atoms with Crippen molar-refractivity contribution >= 4 is 29.0 Å². The van der Waals surface area contributed by atoms with Crippen molar-refractivity contribution in [1.82, 2.24) is 19.6 Å². The minimum atomic E-state index is -6.04. The Balaban J connectivity index is 1.57. The van der Waals surface area contributed by atoms with Gasteiger partial charge in [-0.1, -0.05) is 24.3 Å². The summed E-state index contributed by atoms with van der Waals surface area (Å²) in [6.45, 7) is 2.98. The highest BCUT2D eigenvalue weighted by atomic mass is 19.4. The Labute approximate surface area is 253 Å². The molecule has 0 bridgehead atoms. The fourth-order valence-corrected chi connectivity index (χ4v) is 4.67. The van der Waals surface area contributed by atoms with Gasteiger partial charge in [-0.05, 0) is 69.4 Å². The van der Waals surface area contributed by atoms with E-state index in [4.69, 9.17) is 0 Å². The van der Waals surface area contributed by atoms with E-state index in [1.54, 1.807) is 54.2 Å². The number of hydrogen-bond acceptors (Lipinski definition) is 5. The molecule has 9 nitrogen and oxygen atoms in total. The average Bonchev–Trinajstić information content (AvgIpc) is 3.44. The lowest BCUT2D eigenvalue weighted by Gasteiger charge is -2.32. The first-order chi connectivity index (χ1) is 21.0. The number of amides is 3. The Hall–Kier alpha value is -4.63. The van der Waals surface area contributed by atoms with E-state index in [9.17, 15) is 41.0 Å². The van der Waals surface area contributed by atoms with Crippen molar-refractivity contribution in [2.45, 2.75) is 31.3 Å². The van der Waals surface area contributed by atoms with Gasteiger partial charge in [0.15, 0.2) is 5.65 Å². The van der Waals surface area contributed by atoms with E-state index in [0.29, 0.717) is 52.4 Å². The monoisotopic (exact) mass is 636 g/mol. The van der Waals surface area contributed by atoms with Crippen molar-refractivity contribution in [3.05, 3.63) is 83.8 Å². The van der Waals surface area contributed by atoms with Gasteiger partial charge in [-0.15, -0.1) is 0 Å². The standard InChI is InChI=1S/C30H30F6N6O3/c1-18-22(20-16-24(25-37-13-15-42(25)17-20)40-27(44)38-12-5-14-41(2)3)6-4-7-23(18)39-26(43)19-8-10-21(11-9-19)28(45,29(31,32)33)30(34,35)36/h4,6-11,13,15-17,45H,5,12,14H2,1-3H3,(H,39,43)(H2,38,40,44). The van der Waals surface area contributed by atoms with E-state index in [0.717, 1.165) is 25.1 Å². The summed E-state index contributed by atoms with van der Waals surface area (Å²) in [5, 5.41) is 17.8. The van der Waals surface area contributed by atoms with Crippen LogP contribution in [0, 0.1) is 6.92 Å². The van der Waals surface area contributed by atoms with Gasteiger partial charge < -0.3 is 30.4 Å². The molecule has 2 aromatic heterocycles. The molecule has 0 saturated carbocycles. The molecule has 0 spiro atoms. The molecule has 2 aromatic carbocycles. The maximum atomic E-state index is 13.2. The van der Waals surface area contributed by atoms with Crippen molar-refractivity contribution in [3.63, 3.8) is 0 Å². The van der Waals surface area contributed by atoms with Crippen molar-refractivity contribution in [2.75, 3.05) is 37.8 Å². The molecule has 240 valence electrons. The van der Waals surface area contributed by atoms with E-state index < -0.39 is 35.5 Å². The molecule has 0 unspecified atom stereocenters. The lowest BCUT2D eigenvalue weighted by molar-refractivity contribution is -0.376. The smallest absolute Gasteiger partial charge is 0.369 e. The van der Waals surface area contributed by atoms with Crippen LogP contribution in [-0.2, 0) is 5.60 Å². The average molecular weight is 637 g/mol. The lowest BCUT2D eigenvalue weighted by Crippen LogP contribution is -2.53. The zero-order chi connectivity index (χ0) is 33.2. The zero-order valence-corrected chi connectivity index (χ0v) is 24.3. The van der Waals surface area contributed by atoms with Gasteiger partial charge in [0.25, 0.3) is 11.5 Å². The van der Waals surface area contributed by atoms with Crippen LogP contribution in [0.2, 0.25) is 0 Å². The number of anilines is 2. The molecule has 4 aromatic rings. The molecule has 0 fully saturated rings. The summed E-state index contributed by atoms with van der Waals surface area (Å²) < 4.78 is 81.0. The summed E-state index contributed by atoms with van der Waals surface area (Å²) in [6.07, 6.45) is -6.29. The number of imidazole rings is 1. The zero-order valence-electron chi connectivity index (χ0n) is 24.3. The van der Waals surface area contributed by atoms with Crippen LogP contribution in [0.4, 0.5) is 42.5 Å². The fraction of sp³-hybridized carbons (Fsp3) is 0.300. The number of rotatable bonds is 9. The van der Waals surface area contributed by atoms with Gasteiger partial charge >= 0.3 is 18.4 Å². The highest BCUT2D eigenvalue weighted by Gasteiger charge is 2.71. The maximum absolute atomic E-state index is 13.2. The first-order valence-corrected chi connectivity index (χ1v) is 13.6. The van der Waals surface area contributed by atoms with Crippen LogP contribution in [0.1, 0.15) is 27.9 Å². The number of carbonyl (C=O) groups is 2. The maximum Gasteiger partial charge on any atom is 0.430 e. The number of nitrogens with one attached hydrogen (secondary N) is 3. The predicted molar refractivity (Wildman–Crippen MR) is 156 cm³/mol. The SMILES string of the molecule is Cc1c(NC(=O)c2ccc(C(O)(C(F)(F)F)C(F)(F)F)cc2)cccc1-c1cc(NC(=O)NCCCN(C)C)c2nccn2c1. The van der Waals surface area contributed by atoms with Gasteiger partial charge in [-0.2, -0.15) is 26.3 Å². The van der Waals surface area contributed by atoms with Crippen LogP contribution in [0.5, 0.6) is 0 Å².